The highest BCUT2D eigenvalue weighted by Crippen LogP contribution is 2.33. The lowest BCUT2D eigenvalue weighted by molar-refractivity contribution is -0.120. The number of carbonyl (C=O) groups excluding carboxylic acids is 3. The molecule has 178 valence electrons. The molecule has 1 aliphatic rings. The fourth-order valence-corrected chi connectivity index (χ4v) is 4.30. The minimum atomic E-state index is -0.651. The number of nitrogens with zero attached hydrogens (tertiary/aromatic N) is 1. The molecule has 0 saturated carbocycles. The Balaban J connectivity index is 1.45. The molecule has 0 spiro atoms. The molecule has 0 atom stereocenters. The van der Waals surface area contributed by atoms with Crippen LogP contribution in [0.15, 0.2) is 71.4 Å². The van der Waals surface area contributed by atoms with Crippen molar-refractivity contribution in [3.05, 3.63) is 103 Å². The average Bonchev–Trinajstić information content (AvgIpc) is 3.03. The summed E-state index contributed by atoms with van der Waals surface area (Å²) in [6.07, 6.45) is 0. The van der Waals surface area contributed by atoms with Crippen molar-refractivity contribution >= 4 is 75.5 Å². The SMILES string of the molecule is Cc1ccc(Cl)cc1N1C(=O)C(Cl)=C(Nc2ccc(C(=O)NCc3ccc(Cl)cc3Cl)cc2)C1=O. The molecule has 35 heavy (non-hydrogen) atoms. The molecule has 1 aliphatic heterocycles. The Morgan fingerprint density at radius 3 is 2.20 bits per heavy atom. The van der Waals surface area contributed by atoms with Crippen LogP contribution in [0.5, 0.6) is 0 Å². The Bertz CT molecular complexity index is 1390. The lowest BCUT2D eigenvalue weighted by atomic mass is 10.1. The van der Waals surface area contributed by atoms with E-state index < -0.39 is 11.8 Å². The van der Waals surface area contributed by atoms with Crippen LogP contribution in [0.3, 0.4) is 0 Å². The van der Waals surface area contributed by atoms with Gasteiger partial charge >= 0.3 is 0 Å². The van der Waals surface area contributed by atoms with Crippen LogP contribution in [0.2, 0.25) is 15.1 Å². The first kappa shape index (κ1) is 25.1. The summed E-state index contributed by atoms with van der Waals surface area (Å²) in [4.78, 5) is 39.2. The zero-order chi connectivity index (χ0) is 25.3. The van der Waals surface area contributed by atoms with E-state index in [9.17, 15) is 14.4 Å². The van der Waals surface area contributed by atoms with Crippen molar-refractivity contribution < 1.29 is 14.4 Å². The second-order valence-electron chi connectivity index (χ2n) is 7.69. The van der Waals surface area contributed by atoms with Gasteiger partial charge in [-0.2, -0.15) is 0 Å². The Kier molecular flexibility index (Phi) is 7.38. The van der Waals surface area contributed by atoms with Gasteiger partial charge in [-0.1, -0.05) is 58.5 Å². The van der Waals surface area contributed by atoms with Crippen LogP contribution in [0, 0.1) is 6.92 Å². The topological polar surface area (TPSA) is 78.5 Å². The van der Waals surface area contributed by atoms with Crippen LogP contribution < -0.4 is 15.5 Å². The van der Waals surface area contributed by atoms with Gasteiger partial charge in [0.2, 0.25) is 0 Å². The summed E-state index contributed by atoms with van der Waals surface area (Å²) in [5.74, 6) is -1.57. The zero-order valence-corrected chi connectivity index (χ0v) is 21.2. The monoisotopic (exact) mass is 547 g/mol. The van der Waals surface area contributed by atoms with E-state index in [-0.39, 0.29) is 23.2 Å². The molecule has 0 saturated heterocycles. The van der Waals surface area contributed by atoms with Crippen molar-refractivity contribution in [2.24, 2.45) is 0 Å². The van der Waals surface area contributed by atoms with E-state index in [0.717, 1.165) is 10.5 Å². The van der Waals surface area contributed by atoms with Gasteiger partial charge in [-0.15, -0.1) is 0 Å². The number of aryl methyl sites for hydroxylation is 1. The van der Waals surface area contributed by atoms with Crippen molar-refractivity contribution in [1.82, 2.24) is 5.32 Å². The predicted molar refractivity (Wildman–Crippen MR) is 139 cm³/mol. The third-order valence-electron chi connectivity index (χ3n) is 5.31. The number of rotatable bonds is 6. The molecule has 4 rings (SSSR count). The van der Waals surface area contributed by atoms with Gasteiger partial charge in [-0.3, -0.25) is 14.4 Å². The Labute approximate surface area is 221 Å². The maximum absolute atomic E-state index is 13.0. The second-order valence-corrected chi connectivity index (χ2v) is 9.34. The predicted octanol–water partition coefficient (Wildman–Crippen LogP) is 6.32. The van der Waals surface area contributed by atoms with Crippen LogP contribution in [0.4, 0.5) is 11.4 Å². The molecule has 3 amide bonds. The van der Waals surface area contributed by atoms with Crippen molar-refractivity contribution in [3.8, 4) is 0 Å². The minimum Gasteiger partial charge on any atom is -0.350 e. The highest BCUT2D eigenvalue weighted by Gasteiger charge is 2.39. The molecule has 3 aromatic carbocycles. The van der Waals surface area contributed by atoms with E-state index in [2.05, 4.69) is 10.6 Å². The van der Waals surface area contributed by atoms with Crippen LogP contribution in [0.1, 0.15) is 21.5 Å². The van der Waals surface area contributed by atoms with E-state index in [0.29, 0.717) is 37.6 Å². The zero-order valence-electron chi connectivity index (χ0n) is 18.2. The Morgan fingerprint density at radius 2 is 1.51 bits per heavy atom. The van der Waals surface area contributed by atoms with Gasteiger partial charge < -0.3 is 10.6 Å². The smallest absolute Gasteiger partial charge is 0.283 e. The van der Waals surface area contributed by atoms with E-state index in [1.165, 1.54) is 6.07 Å². The van der Waals surface area contributed by atoms with Gasteiger partial charge in [0.1, 0.15) is 10.7 Å². The van der Waals surface area contributed by atoms with E-state index in [1.54, 1.807) is 61.5 Å². The summed E-state index contributed by atoms with van der Waals surface area (Å²) in [5, 5.41) is 6.79. The number of hydrogen-bond acceptors (Lipinski definition) is 4. The molecule has 3 aromatic rings. The summed E-state index contributed by atoms with van der Waals surface area (Å²) in [6, 6.07) is 16.3. The molecule has 0 radical (unpaired) electrons. The van der Waals surface area contributed by atoms with E-state index in [4.69, 9.17) is 46.4 Å². The third-order valence-corrected chi connectivity index (χ3v) is 6.48. The highest BCUT2D eigenvalue weighted by atomic mass is 35.5. The summed E-state index contributed by atoms with van der Waals surface area (Å²) in [5.41, 5.74) is 2.58. The van der Waals surface area contributed by atoms with Gasteiger partial charge in [0.05, 0.1) is 5.69 Å². The Morgan fingerprint density at radius 1 is 0.857 bits per heavy atom. The van der Waals surface area contributed by atoms with Gasteiger partial charge in [-0.25, -0.2) is 4.90 Å². The quantitative estimate of drug-likeness (QED) is 0.353. The average molecular weight is 549 g/mol. The molecule has 1 heterocycles. The summed E-state index contributed by atoms with van der Waals surface area (Å²) >= 11 is 24.3. The summed E-state index contributed by atoms with van der Waals surface area (Å²) < 4.78 is 0. The van der Waals surface area contributed by atoms with Crippen molar-refractivity contribution in [2.75, 3.05) is 10.2 Å². The Hall–Kier alpha value is -3.03. The lowest BCUT2D eigenvalue weighted by Crippen LogP contribution is -2.32. The van der Waals surface area contributed by atoms with Crippen molar-refractivity contribution in [2.45, 2.75) is 13.5 Å². The van der Waals surface area contributed by atoms with Gasteiger partial charge in [0.25, 0.3) is 17.7 Å². The third kappa shape index (κ3) is 5.31. The number of halogens is 4. The van der Waals surface area contributed by atoms with Crippen LogP contribution in [0.25, 0.3) is 0 Å². The number of hydrogen-bond donors (Lipinski definition) is 2. The number of nitrogens with one attached hydrogen (secondary N) is 2. The molecule has 10 heteroatoms. The van der Waals surface area contributed by atoms with E-state index >= 15 is 0 Å². The molecule has 0 bridgehead atoms. The van der Waals surface area contributed by atoms with Gasteiger partial charge in [-0.05, 0) is 66.6 Å². The first-order chi connectivity index (χ1) is 16.7. The summed E-state index contributed by atoms with van der Waals surface area (Å²) in [7, 11) is 0. The largest absolute Gasteiger partial charge is 0.350 e. The van der Waals surface area contributed by atoms with Crippen LogP contribution >= 0.6 is 46.4 Å². The maximum Gasteiger partial charge on any atom is 0.283 e. The molecule has 0 fully saturated rings. The highest BCUT2D eigenvalue weighted by molar-refractivity contribution is 6.53. The first-order valence-electron chi connectivity index (χ1n) is 10.3. The van der Waals surface area contributed by atoms with Crippen LogP contribution in [-0.2, 0) is 16.1 Å². The number of amides is 3. The van der Waals surface area contributed by atoms with Crippen molar-refractivity contribution in [3.63, 3.8) is 0 Å². The van der Waals surface area contributed by atoms with Gasteiger partial charge in [0.15, 0.2) is 0 Å². The fourth-order valence-electron chi connectivity index (χ4n) is 3.45. The number of carbonyl (C=O) groups is 3. The minimum absolute atomic E-state index is 0.0642. The number of imide groups is 1. The number of benzene rings is 3. The molecule has 0 aromatic heterocycles. The molecule has 0 aliphatic carbocycles. The fraction of sp³-hybridized carbons (Fsp3) is 0.0800. The maximum atomic E-state index is 13.0. The second kappa shape index (κ2) is 10.3. The van der Waals surface area contributed by atoms with E-state index in [1.807, 2.05) is 0 Å². The molecule has 6 nitrogen and oxygen atoms in total. The standard InChI is InChI=1S/C25H17Cl4N3O3/c1-13-2-6-17(27)11-20(13)32-24(34)21(29)22(25(32)35)31-18-8-4-14(5-9-18)23(33)30-12-15-3-7-16(26)10-19(15)28/h2-11,31H,12H2,1H3,(H,30,33). The molecule has 0 unspecified atom stereocenters. The van der Waals surface area contributed by atoms with Gasteiger partial charge in [0, 0.05) is 32.9 Å². The molecule has 2 N–H and O–H groups in total. The molecular weight excluding hydrogens is 532 g/mol. The van der Waals surface area contributed by atoms with Crippen LogP contribution in [-0.4, -0.2) is 17.7 Å². The first-order valence-corrected chi connectivity index (χ1v) is 11.8. The summed E-state index contributed by atoms with van der Waals surface area (Å²) in [6.45, 7) is 1.99. The van der Waals surface area contributed by atoms with Crippen molar-refractivity contribution in [1.29, 1.82) is 0 Å². The normalized spacial score (nSPS) is 13.5. The number of anilines is 2. The molecular formula is C25H17Cl4N3O3. The lowest BCUT2D eigenvalue weighted by Gasteiger charge is -2.17.